The van der Waals surface area contributed by atoms with Gasteiger partial charge in [-0.2, -0.15) is 5.10 Å². The highest BCUT2D eigenvalue weighted by Crippen LogP contribution is 2.15. The van der Waals surface area contributed by atoms with E-state index in [2.05, 4.69) is 20.2 Å². The molecule has 0 aromatic carbocycles. The van der Waals surface area contributed by atoms with Gasteiger partial charge in [-0.05, 0) is 0 Å². The summed E-state index contributed by atoms with van der Waals surface area (Å²) in [5, 5.41) is 18.7. The molecule has 2 heterocycles. The summed E-state index contributed by atoms with van der Waals surface area (Å²) >= 11 is 1.52. The second kappa shape index (κ2) is 3.63. The zero-order chi connectivity index (χ0) is 9.10. The average molecular weight is 196 g/mol. The molecule has 2 aromatic rings. The van der Waals surface area contributed by atoms with E-state index in [4.69, 9.17) is 0 Å². The number of thiazole rings is 1. The van der Waals surface area contributed by atoms with Crippen LogP contribution >= 0.6 is 11.3 Å². The highest BCUT2D eigenvalue weighted by Gasteiger charge is 2.12. The van der Waals surface area contributed by atoms with Crippen molar-refractivity contribution in [2.24, 2.45) is 0 Å². The normalized spacial score (nSPS) is 13.0. The number of aliphatic hydroxyl groups is 1. The van der Waals surface area contributed by atoms with Crippen molar-refractivity contribution in [1.29, 1.82) is 0 Å². The minimum absolute atomic E-state index is 0.479. The Hall–Kier alpha value is -1.27. The standard InChI is InChI=1S/C7H8N4OS/c12-5(7-9-4-10-11-7)3-6-8-1-2-13-6/h1-2,4-5,12H,3H2,(H,9,10,11). The van der Waals surface area contributed by atoms with E-state index in [-0.39, 0.29) is 0 Å². The lowest BCUT2D eigenvalue weighted by atomic mass is 10.2. The van der Waals surface area contributed by atoms with Gasteiger partial charge in [0.2, 0.25) is 0 Å². The van der Waals surface area contributed by atoms with Gasteiger partial charge in [0, 0.05) is 18.0 Å². The topological polar surface area (TPSA) is 74.7 Å². The first-order chi connectivity index (χ1) is 6.36. The van der Waals surface area contributed by atoms with Gasteiger partial charge in [0.25, 0.3) is 0 Å². The molecule has 0 aliphatic heterocycles. The third-order valence-electron chi connectivity index (χ3n) is 1.60. The van der Waals surface area contributed by atoms with E-state index in [1.165, 1.54) is 17.7 Å². The predicted octanol–water partition coefficient (Wildman–Crippen LogP) is 0.537. The van der Waals surface area contributed by atoms with Crippen molar-refractivity contribution < 1.29 is 5.11 Å². The van der Waals surface area contributed by atoms with E-state index < -0.39 is 6.10 Å². The summed E-state index contributed by atoms with van der Waals surface area (Å²) in [7, 11) is 0. The Morgan fingerprint density at radius 2 is 2.46 bits per heavy atom. The Morgan fingerprint density at radius 1 is 1.54 bits per heavy atom. The van der Waals surface area contributed by atoms with Crippen LogP contribution in [0.5, 0.6) is 0 Å². The highest BCUT2D eigenvalue weighted by atomic mass is 32.1. The molecule has 1 atom stereocenters. The lowest BCUT2D eigenvalue weighted by Crippen LogP contribution is -2.03. The van der Waals surface area contributed by atoms with Crippen LogP contribution in [-0.2, 0) is 6.42 Å². The second-order valence-electron chi connectivity index (χ2n) is 2.52. The van der Waals surface area contributed by atoms with Gasteiger partial charge in [-0.15, -0.1) is 11.3 Å². The molecule has 0 fully saturated rings. The Bertz CT molecular complexity index is 344. The largest absolute Gasteiger partial charge is 0.385 e. The number of hydrogen-bond acceptors (Lipinski definition) is 5. The van der Waals surface area contributed by atoms with E-state index in [0.29, 0.717) is 12.2 Å². The fraction of sp³-hybridized carbons (Fsp3) is 0.286. The molecule has 0 aliphatic rings. The first-order valence-corrected chi connectivity index (χ1v) is 4.66. The van der Waals surface area contributed by atoms with Gasteiger partial charge in [0.1, 0.15) is 12.4 Å². The van der Waals surface area contributed by atoms with E-state index in [1.807, 2.05) is 5.38 Å². The highest BCUT2D eigenvalue weighted by molar-refractivity contribution is 7.09. The molecule has 0 aliphatic carbocycles. The molecule has 2 aromatic heterocycles. The maximum atomic E-state index is 9.61. The summed E-state index contributed by atoms with van der Waals surface area (Å²) in [6, 6.07) is 0. The molecule has 0 spiro atoms. The second-order valence-corrected chi connectivity index (χ2v) is 3.50. The number of hydrogen-bond donors (Lipinski definition) is 2. The Morgan fingerprint density at radius 3 is 3.08 bits per heavy atom. The maximum absolute atomic E-state index is 9.61. The fourth-order valence-electron chi connectivity index (χ4n) is 0.991. The molecule has 13 heavy (non-hydrogen) atoms. The molecule has 0 saturated carbocycles. The van der Waals surface area contributed by atoms with Gasteiger partial charge in [-0.25, -0.2) is 9.97 Å². The summed E-state index contributed by atoms with van der Waals surface area (Å²) in [6.45, 7) is 0. The van der Waals surface area contributed by atoms with E-state index in [0.717, 1.165) is 5.01 Å². The number of aromatic amines is 1. The average Bonchev–Trinajstić information content (AvgIpc) is 2.74. The third kappa shape index (κ3) is 1.90. The van der Waals surface area contributed by atoms with Crippen LogP contribution in [0.15, 0.2) is 17.9 Å². The van der Waals surface area contributed by atoms with Crippen LogP contribution in [0.3, 0.4) is 0 Å². The fourth-order valence-corrected chi connectivity index (χ4v) is 1.65. The lowest BCUT2D eigenvalue weighted by molar-refractivity contribution is 0.168. The van der Waals surface area contributed by atoms with Crippen LogP contribution in [0.2, 0.25) is 0 Å². The molecular formula is C7H8N4OS. The van der Waals surface area contributed by atoms with E-state index in [1.54, 1.807) is 6.20 Å². The monoisotopic (exact) mass is 196 g/mol. The maximum Gasteiger partial charge on any atom is 0.153 e. The van der Waals surface area contributed by atoms with Crippen molar-refractivity contribution in [2.45, 2.75) is 12.5 Å². The quantitative estimate of drug-likeness (QED) is 0.751. The number of aliphatic hydroxyl groups excluding tert-OH is 1. The number of nitrogens with zero attached hydrogens (tertiary/aromatic N) is 3. The van der Waals surface area contributed by atoms with E-state index >= 15 is 0 Å². The molecule has 1 unspecified atom stereocenters. The lowest BCUT2D eigenvalue weighted by Gasteiger charge is -2.03. The number of aromatic nitrogens is 4. The summed E-state index contributed by atoms with van der Waals surface area (Å²) in [5.41, 5.74) is 0. The van der Waals surface area contributed by atoms with E-state index in [9.17, 15) is 5.11 Å². The van der Waals surface area contributed by atoms with Gasteiger partial charge in [0.15, 0.2) is 5.82 Å². The van der Waals surface area contributed by atoms with Crippen molar-refractivity contribution >= 4 is 11.3 Å². The van der Waals surface area contributed by atoms with Crippen LogP contribution in [0.1, 0.15) is 16.9 Å². The summed E-state index contributed by atoms with van der Waals surface area (Å²) in [6.07, 6.45) is 2.93. The number of rotatable bonds is 3. The summed E-state index contributed by atoms with van der Waals surface area (Å²) in [5.74, 6) is 0.482. The molecule has 68 valence electrons. The van der Waals surface area contributed by atoms with Crippen molar-refractivity contribution in [3.05, 3.63) is 28.7 Å². The Kier molecular flexibility index (Phi) is 2.33. The first kappa shape index (κ1) is 8.33. The zero-order valence-corrected chi connectivity index (χ0v) is 7.53. The Balaban J connectivity index is 2.04. The molecule has 0 bridgehead atoms. The van der Waals surface area contributed by atoms with Crippen LogP contribution in [0, 0.1) is 0 Å². The minimum atomic E-state index is -0.645. The molecule has 2 rings (SSSR count). The van der Waals surface area contributed by atoms with Gasteiger partial charge in [0.05, 0.1) is 5.01 Å². The molecule has 2 N–H and O–H groups in total. The molecule has 6 heteroatoms. The van der Waals surface area contributed by atoms with Crippen LogP contribution in [-0.4, -0.2) is 25.3 Å². The minimum Gasteiger partial charge on any atom is -0.385 e. The van der Waals surface area contributed by atoms with Crippen LogP contribution in [0.25, 0.3) is 0 Å². The van der Waals surface area contributed by atoms with Crippen LogP contribution in [0.4, 0.5) is 0 Å². The number of H-pyrrole nitrogens is 1. The molecule has 5 nitrogen and oxygen atoms in total. The smallest absolute Gasteiger partial charge is 0.153 e. The SMILES string of the molecule is OC(Cc1nccs1)c1ncn[nH]1. The third-order valence-corrected chi connectivity index (χ3v) is 2.40. The van der Waals surface area contributed by atoms with Crippen molar-refractivity contribution in [3.63, 3.8) is 0 Å². The van der Waals surface area contributed by atoms with Gasteiger partial charge < -0.3 is 5.11 Å². The van der Waals surface area contributed by atoms with Crippen LogP contribution < -0.4 is 0 Å². The first-order valence-electron chi connectivity index (χ1n) is 3.78. The van der Waals surface area contributed by atoms with Gasteiger partial charge in [-0.3, -0.25) is 5.10 Å². The molecule has 0 saturated heterocycles. The van der Waals surface area contributed by atoms with Crippen molar-refractivity contribution in [1.82, 2.24) is 20.2 Å². The summed E-state index contributed by atoms with van der Waals surface area (Å²) < 4.78 is 0. The van der Waals surface area contributed by atoms with Crippen molar-refractivity contribution in [3.8, 4) is 0 Å². The van der Waals surface area contributed by atoms with Gasteiger partial charge in [-0.1, -0.05) is 0 Å². The Labute approximate surface area is 78.5 Å². The van der Waals surface area contributed by atoms with Gasteiger partial charge >= 0.3 is 0 Å². The predicted molar refractivity (Wildman–Crippen MR) is 47.2 cm³/mol. The molecule has 0 radical (unpaired) electrons. The molecular weight excluding hydrogens is 188 g/mol. The van der Waals surface area contributed by atoms with Crippen molar-refractivity contribution in [2.75, 3.05) is 0 Å². The zero-order valence-electron chi connectivity index (χ0n) is 6.71. The number of nitrogens with one attached hydrogen (secondary N) is 1. The summed E-state index contributed by atoms with van der Waals surface area (Å²) in [4.78, 5) is 7.92. The molecule has 0 amide bonds.